The largest absolute Gasteiger partial charge is 0.387 e. The van der Waals surface area contributed by atoms with E-state index in [0.29, 0.717) is 0 Å². The summed E-state index contributed by atoms with van der Waals surface area (Å²) in [4.78, 5) is 0. The molecule has 0 aliphatic rings. The van der Waals surface area contributed by atoms with Crippen molar-refractivity contribution in [2.45, 2.75) is 19.4 Å². The van der Waals surface area contributed by atoms with Gasteiger partial charge in [-0.25, -0.2) is 0 Å². The molecule has 0 saturated carbocycles. The first-order chi connectivity index (χ1) is 3.72. The molecule has 2 heteroatoms. The van der Waals surface area contributed by atoms with Crippen molar-refractivity contribution in [3.05, 3.63) is 12.2 Å². The summed E-state index contributed by atoms with van der Waals surface area (Å²) in [7, 11) is 0. The van der Waals surface area contributed by atoms with E-state index >= 15 is 0 Å². The molecule has 2 nitrogen and oxygen atoms in total. The summed E-state index contributed by atoms with van der Waals surface area (Å²) >= 11 is 0. The van der Waals surface area contributed by atoms with Crippen LogP contribution in [-0.4, -0.2) is 17.8 Å². The number of aliphatic hydroxyl groups is 1. The van der Waals surface area contributed by atoms with Crippen LogP contribution in [-0.2, 0) is 0 Å². The number of nitrogens with two attached hydrogens (primary N) is 1. The fourth-order valence-corrected chi connectivity index (χ4v) is 0.402. The Morgan fingerprint density at radius 3 is 2.50 bits per heavy atom. The molecule has 0 aliphatic heterocycles. The molecule has 1 unspecified atom stereocenters. The van der Waals surface area contributed by atoms with Crippen LogP contribution in [0.4, 0.5) is 0 Å². The van der Waals surface area contributed by atoms with Gasteiger partial charge in [-0.1, -0.05) is 13.5 Å². The molecule has 0 aromatic carbocycles. The molecule has 0 spiro atoms. The molecule has 3 N–H and O–H groups in total. The second kappa shape index (κ2) is 3.64. The normalized spacial score (nSPS) is 13.4. The summed E-state index contributed by atoms with van der Waals surface area (Å²) in [5.74, 6) is 0. The average molecular weight is 115 g/mol. The van der Waals surface area contributed by atoms with Crippen molar-refractivity contribution in [1.82, 2.24) is 0 Å². The third-order valence-corrected chi connectivity index (χ3v) is 1.15. The first-order valence-corrected chi connectivity index (χ1v) is 2.78. The molecule has 0 rings (SSSR count). The third kappa shape index (κ3) is 2.09. The molecule has 0 aromatic rings. The Morgan fingerprint density at radius 2 is 2.38 bits per heavy atom. The molecule has 1 atom stereocenters. The van der Waals surface area contributed by atoms with Crippen LogP contribution in [0.5, 0.6) is 0 Å². The molecule has 48 valence electrons. The Bertz CT molecular complexity index is 80.6. The van der Waals surface area contributed by atoms with Gasteiger partial charge in [0.2, 0.25) is 0 Å². The number of aliphatic hydroxyl groups excluding tert-OH is 1. The molecule has 0 aliphatic carbocycles. The lowest BCUT2D eigenvalue weighted by molar-refractivity contribution is 0.216. The highest BCUT2D eigenvalue weighted by Gasteiger charge is 2.01. The van der Waals surface area contributed by atoms with Gasteiger partial charge in [-0.3, -0.25) is 0 Å². The molecule has 0 heterocycles. The Morgan fingerprint density at radius 1 is 1.88 bits per heavy atom. The summed E-state index contributed by atoms with van der Waals surface area (Å²) in [6.07, 6.45) is 0.304. The second-order valence-corrected chi connectivity index (χ2v) is 1.76. The molecule has 0 radical (unpaired) electrons. The summed E-state index contributed by atoms with van der Waals surface area (Å²) < 4.78 is 0. The average Bonchev–Trinajstić information content (AvgIpc) is 1.84. The lowest BCUT2D eigenvalue weighted by Crippen LogP contribution is -2.20. The van der Waals surface area contributed by atoms with Crippen molar-refractivity contribution in [2.24, 2.45) is 5.73 Å². The summed E-state index contributed by atoms with van der Waals surface area (Å²) in [5, 5.41) is 8.90. The van der Waals surface area contributed by atoms with Crippen LogP contribution < -0.4 is 5.73 Å². The molecule has 8 heavy (non-hydrogen) atoms. The molecule has 0 bridgehead atoms. The van der Waals surface area contributed by atoms with E-state index in [2.05, 4.69) is 6.58 Å². The monoisotopic (exact) mass is 115 g/mol. The summed E-state index contributed by atoms with van der Waals surface area (Å²) in [6.45, 7) is 5.84. The van der Waals surface area contributed by atoms with Crippen molar-refractivity contribution >= 4 is 0 Å². The van der Waals surface area contributed by atoms with Gasteiger partial charge in [-0.15, -0.1) is 0 Å². The van der Waals surface area contributed by atoms with Crippen LogP contribution in [0.3, 0.4) is 0 Å². The van der Waals surface area contributed by atoms with E-state index in [1.807, 2.05) is 6.92 Å². The third-order valence-electron chi connectivity index (χ3n) is 1.15. The van der Waals surface area contributed by atoms with Gasteiger partial charge in [0, 0.05) is 6.54 Å². The van der Waals surface area contributed by atoms with Gasteiger partial charge in [0.25, 0.3) is 0 Å². The molecule has 0 amide bonds. The maximum atomic E-state index is 8.90. The van der Waals surface area contributed by atoms with Crippen LogP contribution >= 0.6 is 0 Å². The van der Waals surface area contributed by atoms with Crippen molar-refractivity contribution in [2.75, 3.05) is 6.54 Å². The van der Waals surface area contributed by atoms with Gasteiger partial charge < -0.3 is 10.8 Å². The zero-order valence-corrected chi connectivity index (χ0v) is 5.22. The molecular weight excluding hydrogens is 102 g/mol. The number of hydrogen-bond donors (Lipinski definition) is 2. The first-order valence-electron chi connectivity index (χ1n) is 2.78. The van der Waals surface area contributed by atoms with E-state index < -0.39 is 6.10 Å². The van der Waals surface area contributed by atoms with Gasteiger partial charge in [0.05, 0.1) is 6.10 Å². The highest BCUT2D eigenvalue weighted by atomic mass is 16.3. The minimum atomic E-state index is -0.500. The quantitative estimate of drug-likeness (QED) is 0.519. The Hall–Kier alpha value is -0.340. The summed E-state index contributed by atoms with van der Waals surface area (Å²) in [6, 6.07) is 0. The molecule has 0 saturated heterocycles. The maximum absolute atomic E-state index is 8.90. The second-order valence-electron chi connectivity index (χ2n) is 1.76. The lowest BCUT2D eigenvalue weighted by Gasteiger charge is -2.07. The van der Waals surface area contributed by atoms with Gasteiger partial charge >= 0.3 is 0 Å². The topological polar surface area (TPSA) is 46.2 Å². The first kappa shape index (κ1) is 7.66. The van der Waals surface area contributed by atoms with E-state index in [-0.39, 0.29) is 6.54 Å². The van der Waals surface area contributed by atoms with Crippen molar-refractivity contribution in [3.63, 3.8) is 0 Å². The van der Waals surface area contributed by atoms with Crippen LogP contribution in [0.25, 0.3) is 0 Å². The van der Waals surface area contributed by atoms with Crippen LogP contribution in [0.15, 0.2) is 12.2 Å². The standard InChI is InChI=1S/C6H13NO/c1-3-5(2)6(8)4-7/h6,8H,2-4,7H2,1H3. The van der Waals surface area contributed by atoms with Crippen molar-refractivity contribution in [3.8, 4) is 0 Å². The van der Waals surface area contributed by atoms with E-state index in [1.54, 1.807) is 0 Å². The minimum Gasteiger partial charge on any atom is -0.387 e. The van der Waals surface area contributed by atoms with Crippen molar-refractivity contribution < 1.29 is 5.11 Å². The van der Waals surface area contributed by atoms with E-state index in [0.717, 1.165) is 12.0 Å². The predicted molar refractivity (Wildman–Crippen MR) is 34.5 cm³/mol. The van der Waals surface area contributed by atoms with Gasteiger partial charge in [-0.2, -0.15) is 0 Å². The Kier molecular flexibility index (Phi) is 3.48. The predicted octanol–water partition coefficient (Wildman–Crippen LogP) is 0.272. The Balaban J connectivity index is 3.46. The Labute approximate surface area is 50.0 Å². The van der Waals surface area contributed by atoms with E-state index in [1.165, 1.54) is 0 Å². The highest BCUT2D eigenvalue weighted by Crippen LogP contribution is 2.00. The van der Waals surface area contributed by atoms with Gasteiger partial charge in [0.1, 0.15) is 0 Å². The minimum absolute atomic E-state index is 0.284. The maximum Gasteiger partial charge on any atom is 0.0869 e. The van der Waals surface area contributed by atoms with Crippen molar-refractivity contribution in [1.29, 1.82) is 0 Å². The molecule has 0 fully saturated rings. The zero-order chi connectivity index (χ0) is 6.57. The number of rotatable bonds is 3. The SMILES string of the molecule is C=C(CC)C(O)CN. The fourth-order valence-electron chi connectivity index (χ4n) is 0.402. The molecule has 0 aromatic heterocycles. The van der Waals surface area contributed by atoms with Crippen LogP contribution in [0.2, 0.25) is 0 Å². The smallest absolute Gasteiger partial charge is 0.0869 e. The zero-order valence-electron chi connectivity index (χ0n) is 5.22. The van der Waals surface area contributed by atoms with Crippen LogP contribution in [0, 0.1) is 0 Å². The van der Waals surface area contributed by atoms with E-state index in [9.17, 15) is 0 Å². The van der Waals surface area contributed by atoms with Gasteiger partial charge in [0.15, 0.2) is 0 Å². The highest BCUT2D eigenvalue weighted by molar-refractivity contribution is 5.00. The number of hydrogen-bond acceptors (Lipinski definition) is 2. The summed E-state index contributed by atoms with van der Waals surface area (Å²) in [5.41, 5.74) is 5.95. The fraction of sp³-hybridized carbons (Fsp3) is 0.667. The van der Waals surface area contributed by atoms with Gasteiger partial charge in [-0.05, 0) is 12.0 Å². The lowest BCUT2D eigenvalue weighted by atomic mass is 10.1. The molecular formula is C6H13NO. The van der Waals surface area contributed by atoms with Crippen LogP contribution in [0.1, 0.15) is 13.3 Å². The van der Waals surface area contributed by atoms with E-state index in [4.69, 9.17) is 10.8 Å².